The lowest BCUT2D eigenvalue weighted by molar-refractivity contribution is 0.266. The van der Waals surface area contributed by atoms with Gasteiger partial charge in [-0.1, -0.05) is 12.1 Å². The van der Waals surface area contributed by atoms with Crippen LogP contribution in [-0.4, -0.2) is 63.9 Å². The van der Waals surface area contributed by atoms with Gasteiger partial charge in [-0.3, -0.25) is 0 Å². The minimum absolute atomic E-state index is 0.227. The van der Waals surface area contributed by atoms with E-state index in [1.54, 1.807) is 31.4 Å². The van der Waals surface area contributed by atoms with E-state index in [4.69, 9.17) is 19.2 Å². The van der Waals surface area contributed by atoms with Gasteiger partial charge in [0.2, 0.25) is 10.0 Å². The SMILES string of the molecule is COc1cccc(S(=O)(=O)N2CCN(C3=Nc4ccc(C)cc4Oc4ccc(OC)cc43)CC2)c1. The Labute approximate surface area is 205 Å². The van der Waals surface area contributed by atoms with Gasteiger partial charge >= 0.3 is 0 Å². The van der Waals surface area contributed by atoms with Crippen molar-refractivity contribution in [2.24, 2.45) is 4.99 Å². The second kappa shape index (κ2) is 9.24. The summed E-state index contributed by atoms with van der Waals surface area (Å²) in [6.07, 6.45) is 0. The molecule has 1 fully saturated rings. The van der Waals surface area contributed by atoms with E-state index >= 15 is 0 Å². The molecule has 9 heteroatoms. The topological polar surface area (TPSA) is 80.7 Å². The minimum Gasteiger partial charge on any atom is -0.497 e. The minimum atomic E-state index is -3.64. The third-order valence-corrected chi connectivity index (χ3v) is 8.10. The van der Waals surface area contributed by atoms with Crippen LogP contribution in [0.15, 0.2) is 70.6 Å². The number of rotatable bonds is 4. The lowest BCUT2D eigenvalue weighted by Crippen LogP contribution is -2.50. The van der Waals surface area contributed by atoms with Crippen LogP contribution in [0.2, 0.25) is 0 Å². The average molecular weight is 494 g/mol. The number of methoxy groups -OCH3 is 2. The molecule has 0 aliphatic carbocycles. The fourth-order valence-corrected chi connectivity index (χ4v) is 5.74. The Balaban J connectivity index is 1.45. The Hall–Kier alpha value is -3.56. The number of benzene rings is 3. The zero-order valence-corrected chi connectivity index (χ0v) is 20.7. The van der Waals surface area contributed by atoms with Gasteiger partial charge in [-0.15, -0.1) is 0 Å². The van der Waals surface area contributed by atoms with Gasteiger partial charge in [-0.2, -0.15) is 4.31 Å². The van der Waals surface area contributed by atoms with Gasteiger partial charge in [0.05, 0.1) is 24.7 Å². The van der Waals surface area contributed by atoms with Crippen LogP contribution in [0, 0.1) is 6.92 Å². The molecule has 1 saturated heterocycles. The number of fused-ring (bicyclic) bond motifs is 2. The normalized spacial score (nSPS) is 15.9. The van der Waals surface area contributed by atoms with Crippen LogP contribution >= 0.6 is 0 Å². The largest absolute Gasteiger partial charge is 0.497 e. The highest BCUT2D eigenvalue weighted by atomic mass is 32.2. The van der Waals surface area contributed by atoms with Gasteiger partial charge in [-0.05, 0) is 55.0 Å². The van der Waals surface area contributed by atoms with Gasteiger partial charge in [0.15, 0.2) is 5.75 Å². The monoisotopic (exact) mass is 493 g/mol. The van der Waals surface area contributed by atoms with Crippen molar-refractivity contribution < 1.29 is 22.6 Å². The van der Waals surface area contributed by atoms with E-state index in [-0.39, 0.29) is 4.90 Å². The molecule has 0 radical (unpaired) electrons. The van der Waals surface area contributed by atoms with Gasteiger partial charge < -0.3 is 19.1 Å². The van der Waals surface area contributed by atoms with Crippen LogP contribution in [0.3, 0.4) is 0 Å². The van der Waals surface area contributed by atoms with Crippen molar-refractivity contribution in [2.75, 3.05) is 40.4 Å². The highest BCUT2D eigenvalue weighted by Crippen LogP contribution is 2.40. The van der Waals surface area contributed by atoms with Crippen LogP contribution in [0.25, 0.3) is 0 Å². The van der Waals surface area contributed by atoms with E-state index in [1.165, 1.54) is 11.4 Å². The number of sulfonamides is 1. The number of aliphatic imine (C=N–C) groups is 1. The summed E-state index contributed by atoms with van der Waals surface area (Å²) in [6.45, 7) is 3.65. The van der Waals surface area contributed by atoms with Crippen molar-refractivity contribution in [1.82, 2.24) is 9.21 Å². The first-order valence-corrected chi connectivity index (χ1v) is 12.8. The molecular formula is C26H27N3O5S. The van der Waals surface area contributed by atoms with Crippen molar-refractivity contribution in [3.05, 3.63) is 71.8 Å². The standard InChI is InChI=1S/C26H27N3O5S/c1-18-7-9-23-25(15-18)34-24-10-8-20(33-3)17-22(24)26(27-23)28-11-13-29(14-12-28)35(30,31)21-6-4-5-19(16-21)32-2/h4-10,15-17H,11-14H2,1-3H3. The Morgan fingerprint density at radius 1 is 0.857 bits per heavy atom. The van der Waals surface area contributed by atoms with E-state index < -0.39 is 10.0 Å². The first kappa shape index (κ1) is 23.2. The van der Waals surface area contributed by atoms with Crippen LogP contribution in [0.4, 0.5) is 5.69 Å². The number of nitrogens with zero attached hydrogens (tertiary/aromatic N) is 3. The van der Waals surface area contributed by atoms with Gasteiger partial charge in [0.25, 0.3) is 0 Å². The number of hydrogen-bond donors (Lipinski definition) is 0. The lowest BCUT2D eigenvalue weighted by Gasteiger charge is -2.36. The predicted molar refractivity (Wildman–Crippen MR) is 134 cm³/mol. The first-order valence-electron chi connectivity index (χ1n) is 11.3. The third-order valence-electron chi connectivity index (χ3n) is 6.21. The van der Waals surface area contributed by atoms with Crippen LogP contribution in [0.5, 0.6) is 23.0 Å². The second-order valence-electron chi connectivity index (χ2n) is 8.44. The predicted octanol–water partition coefficient (Wildman–Crippen LogP) is 4.20. The van der Waals surface area contributed by atoms with Crippen molar-refractivity contribution in [3.63, 3.8) is 0 Å². The number of piperazine rings is 1. The van der Waals surface area contributed by atoms with E-state index in [1.807, 2.05) is 43.3 Å². The summed E-state index contributed by atoms with van der Waals surface area (Å²) in [5.41, 5.74) is 2.61. The summed E-state index contributed by atoms with van der Waals surface area (Å²) < 4.78 is 44.9. The van der Waals surface area contributed by atoms with Gasteiger partial charge in [-0.25, -0.2) is 13.4 Å². The average Bonchev–Trinajstić information content (AvgIpc) is 3.04. The molecule has 3 aromatic rings. The Kier molecular flexibility index (Phi) is 6.12. The summed E-state index contributed by atoms with van der Waals surface area (Å²) in [5.74, 6) is 3.31. The molecule has 8 nitrogen and oxygen atoms in total. The molecule has 0 aromatic heterocycles. The van der Waals surface area contributed by atoms with E-state index in [0.29, 0.717) is 49.2 Å². The molecule has 2 aliphatic heterocycles. The van der Waals surface area contributed by atoms with Crippen molar-refractivity contribution in [2.45, 2.75) is 11.8 Å². The summed E-state index contributed by atoms with van der Waals surface area (Å²) >= 11 is 0. The number of amidine groups is 1. The molecule has 5 rings (SSSR count). The molecule has 0 saturated carbocycles. The summed E-state index contributed by atoms with van der Waals surface area (Å²) in [4.78, 5) is 7.30. The molecule has 0 N–H and O–H groups in total. The number of ether oxygens (including phenoxy) is 3. The first-order chi connectivity index (χ1) is 16.9. The van der Waals surface area contributed by atoms with Crippen molar-refractivity contribution in [1.29, 1.82) is 0 Å². The number of hydrogen-bond acceptors (Lipinski definition) is 7. The molecular weight excluding hydrogens is 466 g/mol. The van der Waals surface area contributed by atoms with E-state index in [0.717, 1.165) is 22.6 Å². The molecule has 0 bridgehead atoms. The van der Waals surface area contributed by atoms with E-state index in [9.17, 15) is 8.42 Å². The maximum Gasteiger partial charge on any atom is 0.243 e. The van der Waals surface area contributed by atoms with Crippen LogP contribution in [0.1, 0.15) is 11.1 Å². The molecule has 2 aliphatic rings. The Morgan fingerprint density at radius 2 is 1.60 bits per heavy atom. The molecule has 2 heterocycles. The maximum absolute atomic E-state index is 13.3. The van der Waals surface area contributed by atoms with Crippen molar-refractivity contribution in [3.8, 4) is 23.0 Å². The Morgan fingerprint density at radius 3 is 2.34 bits per heavy atom. The Bertz CT molecular complexity index is 1400. The smallest absolute Gasteiger partial charge is 0.243 e. The fraction of sp³-hybridized carbons (Fsp3) is 0.269. The zero-order valence-electron chi connectivity index (χ0n) is 19.9. The quantitative estimate of drug-likeness (QED) is 0.542. The maximum atomic E-state index is 13.3. The third kappa shape index (κ3) is 4.44. The highest BCUT2D eigenvalue weighted by molar-refractivity contribution is 7.89. The highest BCUT2D eigenvalue weighted by Gasteiger charge is 2.32. The van der Waals surface area contributed by atoms with Crippen molar-refractivity contribution >= 4 is 21.5 Å². The summed E-state index contributed by atoms with van der Waals surface area (Å²) in [6, 6.07) is 18.1. The molecule has 182 valence electrons. The second-order valence-corrected chi connectivity index (χ2v) is 10.4. The van der Waals surface area contributed by atoms with Crippen LogP contribution in [-0.2, 0) is 10.0 Å². The fourth-order valence-electron chi connectivity index (χ4n) is 4.28. The molecule has 3 aromatic carbocycles. The van der Waals surface area contributed by atoms with Gasteiger partial charge in [0.1, 0.15) is 28.8 Å². The summed E-state index contributed by atoms with van der Waals surface area (Å²) in [5, 5.41) is 0. The molecule has 35 heavy (non-hydrogen) atoms. The molecule has 0 unspecified atom stereocenters. The molecule has 0 amide bonds. The van der Waals surface area contributed by atoms with Gasteiger partial charge in [0, 0.05) is 32.2 Å². The summed E-state index contributed by atoms with van der Waals surface area (Å²) in [7, 11) is -0.495. The molecule has 0 spiro atoms. The van der Waals surface area contributed by atoms with Crippen LogP contribution < -0.4 is 14.2 Å². The number of aryl methyl sites for hydroxylation is 1. The molecule has 0 atom stereocenters. The lowest BCUT2D eigenvalue weighted by atomic mass is 10.1. The zero-order chi connectivity index (χ0) is 24.6. The van der Waals surface area contributed by atoms with E-state index in [2.05, 4.69) is 4.90 Å².